The number of aliphatic carboxylic acids is 1. The molecule has 0 aliphatic rings. The summed E-state index contributed by atoms with van der Waals surface area (Å²) in [6.07, 6.45) is 3.71. The summed E-state index contributed by atoms with van der Waals surface area (Å²) in [5.74, 6) is -0.754. The van der Waals surface area contributed by atoms with Gasteiger partial charge in [-0.15, -0.1) is 0 Å². The van der Waals surface area contributed by atoms with Crippen LogP contribution in [0.2, 0.25) is 0 Å². The average molecular weight is 284 g/mol. The first-order valence-electron chi connectivity index (χ1n) is 3.95. The molecule has 0 saturated carbocycles. The van der Waals surface area contributed by atoms with E-state index in [1.165, 1.54) is 0 Å². The third kappa shape index (κ3) is 7.40. The number of hydrogen-bond acceptors (Lipinski definition) is 1. The van der Waals surface area contributed by atoms with E-state index in [0.717, 1.165) is 25.7 Å². The standard InChI is InChI=1S/C8H16O2.Ba.2H/c1-3-5-6-7(4-2)8(9)10;;;/h7H,3-6H2,1-2H3,(H,9,10);;;. The molecule has 1 atom stereocenters. The van der Waals surface area contributed by atoms with E-state index in [0.29, 0.717) is 0 Å². The minimum absolute atomic E-state index is 0. The van der Waals surface area contributed by atoms with Gasteiger partial charge in [0.2, 0.25) is 0 Å². The van der Waals surface area contributed by atoms with E-state index in [1.807, 2.05) is 6.92 Å². The molecular formula is C8H18BaO2. The minimum atomic E-state index is -0.643. The molecule has 0 aliphatic carbocycles. The van der Waals surface area contributed by atoms with E-state index < -0.39 is 5.97 Å². The van der Waals surface area contributed by atoms with Crippen molar-refractivity contribution >= 4 is 54.9 Å². The van der Waals surface area contributed by atoms with Gasteiger partial charge in [-0.3, -0.25) is 4.79 Å². The number of rotatable bonds is 5. The van der Waals surface area contributed by atoms with Gasteiger partial charge in [0.25, 0.3) is 0 Å². The first-order chi connectivity index (χ1) is 4.72. The van der Waals surface area contributed by atoms with Crippen LogP contribution in [0.4, 0.5) is 0 Å². The van der Waals surface area contributed by atoms with E-state index in [-0.39, 0.29) is 54.8 Å². The van der Waals surface area contributed by atoms with Crippen LogP contribution in [0.5, 0.6) is 0 Å². The van der Waals surface area contributed by atoms with Crippen molar-refractivity contribution in [2.24, 2.45) is 5.92 Å². The van der Waals surface area contributed by atoms with Crippen LogP contribution in [0.1, 0.15) is 39.5 Å². The van der Waals surface area contributed by atoms with Crippen LogP contribution in [0.15, 0.2) is 0 Å². The number of hydrogen-bond donors (Lipinski definition) is 1. The van der Waals surface area contributed by atoms with E-state index in [9.17, 15) is 4.79 Å². The maximum atomic E-state index is 10.4. The van der Waals surface area contributed by atoms with Gasteiger partial charge in [0.05, 0.1) is 5.92 Å². The molecule has 0 fully saturated rings. The van der Waals surface area contributed by atoms with Crippen molar-refractivity contribution in [3.8, 4) is 0 Å². The van der Waals surface area contributed by atoms with Gasteiger partial charge in [0.1, 0.15) is 0 Å². The Morgan fingerprint density at radius 3 is 2.27 bits per heavy atom. The van der Waals surface area contributed by atoms with Crippen LogP contribution in [-0.2, 0) is 4.79 Å². The monoisotopic (exact) mass is 284 g/mol. The first-order valence-corrected chi connectivity index (χ1v) is 3.95. The Morgan fingerprint density at radius 1 is 1.45 bits per heavy atom. The van der Waals surface area contributed by atoms with Gasteiger partial charge in [-0.05, 0) is 12.8 Å². The zero-order valence-corrected chi connectivity index (χ0v) is 6.76. The first kappa shape index (κ1) is 14.6. The second-order valence-electron chi connectivity index (χ2n) is 2.59. The van der Waals surface area contributed by atoms with E-state index in [4.69, 9.17) is 5.11 Å². The van der Waals surface area contributed by atoms with Gasteiger partial charge in [0, 0.05) is 0 Å². The van der Waals surface area contributed by atoms with Crippen molar-refractivity contribution < 1.29 is 9.90 Å². The van der Waals surface area contributed by atoms with Crippen molar-refractivity contribution in [3.63, 3.8) is 0 Å². The Balaban J connectivity index is 0. The molecule has 0 saturated heterocycles. The van der Waals surface area contributed by atoms with Crippen molar-refractivity contribution in [1.82, 2.24) is 0 Å². The fraction of sp³-hybridized carbons (Fsp3) is 0.875. The number of unbranched alkanes of at least 4 members (excludes halogenated alkanes) is 1. The van der Waals surface area contributed by atoms with Crippen LogP contribution in [0.25, 0.3) is 0 Å². The van der Waals surface area contributed by atoms with Crippen molar-refractivity contribution in [3.05, 3.63) is 0 Å². The number of carboxylic acid groups (broad SMARTS) is 1. The molecule has 1 unspecified atom stereocenters. The van der Waals surface area contributed by atoms with E-state index in [2.05, 4.69) is 6.92 Å². The zero-order chi connectivity index (χ0) is 7.98. The van der Waals surface area contributed by atoms with Gasteiger partial charge in [0.15, 0.2) is 0 Å². The zero-order valence-electron chi connectivity index (χ0n) is 6.76. The molecule has 1 N–H and O–H groups in total. The second kappa shape index (κ2) is 9.13. The molecule has 64 valence electrons. The summed E-state index contributed by atoms with van der Waals surface area (Å²) in [5, 5.41) is 8.60. The third-order valence-corrected chi connectivity index (χ3v) is 1.75. The summed E-state index contributed by atoms with van der Waals surface area (Å²) in [4.78, 5) is 10.4. The van der Waals surface area contributed by atoms with Gasteiger partial charge in [-0.25, -0.2) is 0 Å². The van der Waals surface area contributed by atoms with Crippen molar-refractivity contribution in [1.29, 1.82) is 0 Å². The second-order valence-corrected chi connectivity index (χ2v) is 2.59. The summed E-state index contributed by atoms with van der Waals surface area (Å²) in [5.41, 5.74) is 0. The third-order valence-electron chi connectivity index (χ3n) is 1.75. The fourth-order valence-corrected chi connectivity index (χ4v) is 0.953. The number of carbonyl (C=O) groups is 1. The Bertz CT molecular complexity index is 104. The molecule has 11 heavy (non-hydrogen) atoms. The van der Waals surface area contributed by atoms with E-state index >= 15 is 0 Å². The van der Waals surface area contributed by atoms with E-state index in [1.54, 1.807) is 0 Å². The summed E-state index contributed by atoms with van der Waals surface area (Å²) in [6, 6.07) is 0. The van der Waals surface area contributed by atoms with Crippen molar-refractivity contribution in [2.75, 3.05) is 0 Å². The van der Waals surface area contributed by atoms with Crippen LogP contribution < -0.4 is 0 Å². The van der Waals surface area contributed by atoms with Crippen LogP contribution in [-0.4, -0.2) is 60.0 Å². The predicted molar refractivity (Wildman–Crippen MR) is 49.5 cm³/mol. The predicted octanol–water partition coefficient (Wildman–Crippen LogP) is 1.37. The fourth-order valence-electron chi connectivity index (χ4n) is 0.953. The maximum absolute atomic E-state index is 10.4. The molecule has 3 heteroatoms. The number of carboxylic acids is 1. The van der Waals surface area contributed by atoms with Gasteiger partial charge in [-0.2, -0.15) is 0 Å². The quantitative estimate of drug-likeness (QED) is 0.774. The molecule has 0 aliphatic heterocycles. The molecule has 0 heterocycles. The molecule has 0 aromatic rings. The summed E-state index contributed by atoms with van der Waals surface area (Å²) in [7, 11) is 0. The summed E-state index contributed by atoms with van der Waals surface area (Å²) >= 11 is 0. The molecule has 0 spiro atoms. The summed E-state index contributed by atoms with van der Waals surface area (Å²) < 4.78 is 0. The molecule has 0 amide bonds. The molecule has 2 nitrogen and oxygen atoms in total. The summed E-state index contributed by atoms with van der Waals surface area (Å²) in [6.45, 7) is 4.00. The molecule has 0 radical (unpaired) electrons. The topological polar surface area (TPSA) is 37.3 Å². The Hall–Kier alpha value is 1.04. The van der Waals surface area contributed by atoms with Gasteiger partial charge >= 0.3 is 54.9 Å². The molecule has 0 bridgehead atoms. The average Bonchev–Trinajstić information content (AvgIpc) is 1.89. The van der Waals surface area contributed by atoms with Crippen LogP contribution in [0.3, 0.4) is 0 Å². The Labute approximate surface area is 109 Å². The molecule has 0 aromatic heterocycles. The van der Waals surface area contributed by atoms with Gasteiger partial charge in [-0.1, -0.05) is 26.7 Å². The van der Waals surface area contributed by atoms with Crippen LogP contribution in [0, 0.1) is 5.92 Å². The normalized spacial score (nSPS) is 11.8. The molecule has 0 rings (SSSR count). The van der Waals surface area contributed by atoms with Crippen molar-refractivity contribution in [2.45, 2.75) is 39.5 Å². The Morgan fingerprint density at radius 2 is 2.00 bits per heavy atom. The van der Waals surface area contributed by atoms with Gasteiger partial charge < -0.3 is 5.11 Å². The molecular weight excluding hydrogens is 265 g/mol. The Kier molecular flexibility index (Phi) is 12.1. The molecule has 0 aromatic carbocycles. The van der Waals surface area contributed by atoms with Crippen LogP contribution >= 0.6 is 0 Å². The SMILES string of the molecule is CCCCC(CC)C(=O)O.[BaH2].